The molecule has 2 heterocycles. The zero-order valence-corrected chi connectivity index (χ0v) is 17.4. The van der Waals surface area contributed by atoms with Crippen molar-refractivity contribution in [1.29, 1.82) is 0 Å². The number of anilines is 1. The Labute approximate surface area is 168 Å². The lowest BCUT2D eigenvalue weighted by molar-refractivity contribution is -0.113. The van der Waals surface area contributed by atoms with Crippen molar-refractivity contribution in [1.82, 2.24) is 14.8 Å². The summed E-state index contributed by atoms with van der Waals surface area (Å²) >= 11 is 3.15. The van der Waals surface area contributed by atoms with Crippen LogP contribution in [0.15, 0.2) is 53.3 Å². The lowest BCUT2D eigenvalue weighted by Crippen LogP contribution is -2.15. The molecule has 0 bridgehead atoms. The van der Waals surface area contributed by atoms with E-state index in [1.807, 2.05) is 16.7 Å². The maximum absolute atomic E-state index is 12.3. The third kappa shape index (κ3) is 5.68. The van der Waals surface area contributed by atoms with E-state index in [0.717, 1.165) is 23.8 Å². The van der Waals surface area contributed by atoms with E-state index in [2.05, 4.69) is 65.9 Å². The monoisotopic (exact) mass is 400 g/mol. The number of thiophene rings is 1. The molecule has 0 aliphatic carbocycles. The Hall–Kier alpha value is -2.12. The number of hydrogen-bond donors (Lipinski definition) is 1. The largest absolute Gasteiger partial charge is 0.325 e. The van der Waals surface area contributed by atoms with E-state index in [4.69, 9.17) is 0 Å². The van der Waals surface area contributed by atoms with Gasteiger partial charge in [-0.05, 0) is 41.0 Å². The molecule has 142 valence electrons. The van der Waals surface area contributed by atoms with Crippen molar-refractivity contribution in [3.05, 3.63) is 58.5 Å². The number of benzene rings is 1. The first kappa shape index (κ1) is 19.6. The Kier molecular flexibility index (Phi) is 6.34. The van der Waals surface area contributed by atoms with Crippen LogP contribution in [0.2, 0.25) is 0 Å². The van der Waals surface area contributed by atoms with Gasteiger partial charge < -0.3 is 9.88 Å². The highest BCUT2D eigenvalue weighted by Gasteiger charge is 2.14. The van der Waals surface area contributed by atoms with Crippen LogP contribution in [0.3, 0.4) is 0 Å². The maximum atomic E-state index is 12.3. The summed E-state index contributed by atoms with van der Waals surface area (Å²) in [5, 5.41) is 13.9. The number of hydrogen-bond acceptors (Lipinski definition) is 5. The van der Waals surface area contributed by atoms with Crippen LogP contribution in [-0.2, 0) is 23.2 Å². The van der Waals surface area contributed by atoms with Crippen LogP contribution < -0.4 is 5.32 Å². The van der Waals surface area contributed by atoms with Gasteiger partial charge in [0.05, 0.1) is 5.75 Å². The van der Waals surface area contributed by atoms with Gasteiger partial charge in [-0.15, -0.1) is 21.5 Å². The number of aromatic nitrogens is 3. The van der Waals surface area contributed by atoms with Gasteiger partial charge in [-0.25, -0.2) is 0 Å². The standard InChI is InChI=1S/C20H24N4OS2/c1-20(2,3)15-6-8-16(9-7-15)22-18(25)13-27-19-23-21-14-24(19)11-10-17-5-4-12-26-17/h4-9,12,14H,10-11,13H2,1-3H3,(H,22,25). The molecule has 1 N–H and O–H groups in total. The number of nitrogens with one attached hydrogen (secondary N) is 1. The van der Waals surface area contributed by atoms with E-state index in [9.17, 15) is 4.79 Å². The summed E-state index contributed by atoms with van der Waals surface area (Å²) in [6.45, 7) is 7.33. The normalized spacial score (nSPS) is 11.5. The molecule has 0 radical (unpaired) electrons. The molecule has 0 fully saturated rings. The summed E-state index contributed by atoms with van der Waals surface area (Å²) in [4.78, 5) is 13.6. The fourth-order valence-electron chi connectivity index (χ4n) is 2.58. The highest BCUT2D eigenvalue weighted by atomic mass is 32.2. The van der Waals surface area contributed by atoms with Crippen LogP contribution >= 0.6 is 23.1 Å². The zero-order chi connectivity index (χ0) is 19.3. The summed E-state index contributed by atoms with van der Waals surface area (Å²) < 4.78 is 2.00. The Balaban J connectivity index is 1.50. The highest BCUT2D eigenvalue weighted by Crippen LogP contribution is 2.24. The second-order valence-electron chi connectivity index (χ2n) is 7.30. The number of carbonyl (C=O) groups excluding carboxylic acids is 1. The van der Waals surface area contributed by atoms with E-state index >= 15 is 0 Å². The van der Waals surface area contributed by atoms with Crippen LogP contribution in [0, 0.1) is 0 Å². The molecule has 27 heavy (non-hydrogen) atoms. The smallest absolute Gasteiger partial charge is 0.234 e. The van der Waals surface area contributed by atoms with Gasteiger partial charge in [0.25, 0.3) is 0 Å². The van der Waals surface area contributed by atoms with Gasteiger partial charge in [0.15, 0.2) is 5.16 Å². The highest BCUT2D eigenvalue weighted by molar-refractivity contribution is 7.99. The minimum absolute atomic E-state index is 0.0451. The van der Waals surface area contributed by atoms with Crippen LogP contribution in [0.5, 0.6) is 0 Å². The average molecular weight is 401 g/mol. The van der Waals surface area contributed by atoms with Crippen molar-refractivity contribution >= 4 is 34.7 Å². The summed E-state index contributed by atoms with van der Waals surface area (Å²) in [5.74, 6) is 0.259. The quantitative estimate of drug-likeness (QED) is 0.588. The number of carbonyl (C=O) groups is 1. The lowest BCUT2D eigenvalue weighted by Gasteiger charge is -2.19. The molecule has 3 aromatic rings. The zero-order valence-electron chi connectivity index (χ0n) is 15.8. The molecular formula is C20H24N4OS2. The van der Waals surface area contributed by atoms with Gasteiger partial charge in [0, 0.05) is 17.1 Å². The molecule has 2 aromatic heterocycles. The molecule has 0 saturated carbocycles. The predicted molar refractivity (Wildman–Crippen MR) is 113 cm³/mol. The van der Waals surface area contributed by atoms with Crippen molar-refractivity contribution in [2.24, 2.45) is 0 Å². The number of thioether (sulfide) groups is 1. The van der Waals surface area contributed by atoms with Crippen LogP contribution in [-0.4, -0.2) is 26.4 Å². The molecule has 7 heteroatoms. The van der Waals surface area contributed by atoms with Gasteiger partial charge in [0.1, 0.15) is 6.33 Å². The van der Waals surface area contributed by atoms with Gasteiger partial charge in [-0.2, -0.15) is 0 Å². The second kappa shape index (κ2) is 8.71. The van der Waals surface area contributed by atoms with Gasteiger partial charge in [-0.1, -0.05) is 50.7 Å². The number of nitrogens with zero attached hydrogens (tertiary/aromatic N) is 3. The average Bonchev–Trinajstić information content (AvgIpc) is 3.29. The van der Waals surface area contributed by atoms with Crippen molar-refractivity contribution in [3.63, 3.8) is 0 Å². The number of amides is 1. The minimum atomic E-state index is -0.0451. The Bertz CT molecular complexity index is 864. The third-order valence-corrected chi connectivity index (χ3v) is 6.04. The van der Waals surface area contributed by atoms with Crippen LogP contribution in [0.4, 0.5) is 5.69 Å². The van der Waals surface area contributed by atoms with E-state index < -0.39 is 0 Å². The summed E-state index contributed by atoms with van der Waals surface area (Å²) in [6.07, 6.45) is 2.66. The van der Waals surface area contributed by atoms with Crippen molar-refractivity contribution in [3.8, 4) is 0 Å². The van der Waals surface area contributed by atoms with Gasteiger partial charge in [0.2, 0.25) is 5.91 Å². The maximum Gasteiger partial charge on any atom is 0.234 e. The Morgan fingerprint density at radius 3 is 2.67 bits per heavy atom. The first-order valence-electron chi connectivity index (χ1n) is 8.85. The van der Waals surface area contributed by atoms with E-state index in [-0.39, 0.29) is 11.3 Å². The Morgan fingerprint density at radius 1 is 1.22 bits per heavy atom. The van der Waals surface area contributed by atoms with E-state index in [1.54, 1.807) is 17.7 Å². The molecule has 0 aliphatic heterocycles. The molecule has 1 aromatic carbocycles. The molecule has 0 aliphatic rings. The van der Waals surface area contributed by atoms with E-state index in [0.29, 0.717) is 5.75 Å². The van der Waals surface area contributed by atoms with Gasteiger partial charge in [-0.3, -0.25) is 4.79 Å². The first-order chi connectivity index (χ1) is 12.9. The molecule has 0 saturated heterocycles. The molecule has 0 spiro atoms. The SMILES string of the molecule is CC(C)(C)c1ccc(NC(=O)CSc2nncn2CCc2cccs2)cc1. The summed E-state index contributed by atoms with van der Waals surface area (Å²) in [5.41, 5.74) is 2.16. The fraction of sp³-hybridized carbons (Fsp3) is 0.350. The summed E-state index contributed by atoms with van der Waals surface area (Å²) in [7, 11) is 0. The molecule has 3 rings (SSSR count). The molecule has 0 unspecified atom stereocenters. The van der Waals surface area contributed by atoms with Crippen LogP contribution in [0.25, 0.3) is 0 Å². The minimum Gasteiger partial charge on any atom is -0.325 e. The lowest BCUT2D eigenvalue weighted by atomic mass is 9.87. The van der Waals surface area contributed by atoms with Crippen molar-refractivity contribution < 1.29 is 4.79 Å². The molecule has 5 nitrogen and oxygen atoms in total. The van der Waals surface area contributed by atoms with Crippen molar-refractivity contribution in [2.75, 3.05) is 11.1 Å². The second-order valence-corrected chi connectivity index (χ2v) is 9.28. The van der Waals surface area contributed by atoms with Gasteiger partial charge >= 0.3 is 0 Å². The predicted octanol–water partition coefficient (Wildman–Crippen LogP) is 4.61. The number of rotatable bonds is 7. The Morgan fingerprint density at radius 2 is 2.00 bits per heavy atom. The number of aryl methyl sites for hydroxylation is 2. The first-order valence-corrected chi connectivity index (χ1v) is 10.7. The van der Waals surface area contributed by atoms with Crippen LogP contribution in [0.1, 0.15) is 31.2 Å². The summed E-state index contributed by atoms with van der Waals surface area (Å²) in [6, 6.07) is 12.2. The molecule has 0 atom stereocenters. The van der Waals surface area contributed by atoms with E-state index in [1.165, 1.54) is 22.2 Å². The fourth-order valence-corrected chi connectivity index (χ4v) is 4.02. The topological polar surface area (TPSA) is 59.8 Å². The third-order valence-electron chi connectivity index (χ3n) is 4.13. The molecule has 1 amide bonds. The molecular weight excluding hydrogens is 376 g/mol. The van der Waals surface area contributed by atoms with Crippen molar-refractivity contribution in [2.45, 2.75) is 44.3 Å².